The molecule has 2 rings (SSSR count). The van der Waals surface area contributed by atoms with Crippen molar-refractivity contribution in [2.24, 2.45) is 0 Å². The molecule has 2 N–H and O–H groups in total. The highest BCUT2D eigenvalue weighted by molar-refractivity contribution is 7.13. The van der Waals surface area contributed by atoms with Crippen molar-refractivity contribution in [3.63, 3.8) is 0 Å². The molecule has 1 aromatic heterocycles. The first-order valence-corrected chi connectivity index (χ1v) is 7.33. The minimum atomic E-state index is -1.10. The minimum absolute atomic E-state index is 0.0861. The van der Waals surface area contributed by atoms with Crippen LogP contribution in [0.1, 0.15) is 40.6 Å². The van der Waals surface area contributed by atoms with Gasteiger partial charge in [-0.25, -0.2) is 4.98 Å². The lowest BCUT2D eigenvalue weighted by molar-refractivity contribution is -0.0998. The molecular weight excluding hydrogens is 264 g/mol. The van der Waals surface area contributed by atoms with Gasteiger partial charge in [-0.15, -0.1) is 11.3 Å². The molecule has 6 heteroatoms. The molecule has 0 spiro atoms. The van der Waals surface area contributed by atoms with Gasteiger partial charge in [-0.3, -0.25) is 4.79 Å². The Morgan fingerprint density at radius 2 is 2.32 bits per heavy atom. The van der Waals surface area contributed by atoms with Gasteiger partial charge in [-0.2, -0.15) is 0 Å². The Labute approximate surface area is 116 Å². The van der Waals surface area contributed by atoms with Crippen LogP contribution in [0.2, 0.25) is 0 Å². The number of β-amino-alcohol motifs (C(OH)–C–C–N with tert-alkyl or cyclic N) is 1. The maximum Gasteiger partial charge on any atom is 0.265 e. The summed E-state index contributed by atoms with van der Waals surface area (Å²) < 4.78 is 0. The number of hydrogen-bond donors (Lipinski definition) is 2. The lowest BCUT2D eigenvalue weighted by atomic mass is 9.90. The van der Waals surface area contributed by atoms with E-state index in [0.29, 0.717) is 17.8 Å². The fourth-order valence-corrected chi connectivity index (χ4v) is 3.21. The molecule has 1 aromatic rings. The third-order valence-corrected chi connectivity index (χ3v) is 4.62. The molecule has 106 valence electrons. The van der Waals surface area contributed by atoms with Gasteiger partial charge in [-0.05, 0) is 26.7 Å². The van der Waals surface area contributed by atoms with E-state index in [9.17, 15) is 15.0 Å². The summed E-state index contributed by atoms with van der Waals surface area (Å²) in [6.45, 7) is 6.10. The number of thiazole rings is 1. The van der Waals surface area contributed by atoms with Crippen molar-refractivity contribution in [1.82, 2.24) is 9.88 Å². The maximum absolute atomic E-state index is 12.5. The van der Waals surface area contributed by atoms with Gasteiger partial charge in [0.05, 0.1) is 22.4 Å². The zero-order valence-electron chi connectivity index (χ0n) is 11.5. The molecule has 1 aliphatic heterocycles. The molecule has 1 fully saturated rings. The zero-order valence-corrected chi connectivity index (χ0v) is 12.3. The summed E-state index contributed by atoms with van der Waals surface area (Å²) >= 11 is 1.40. The van der Waals surface area contributed by atoms with Gasteiger partial charge in [0, 0.05) is 13.1 Å². The number of amides is 1. The van der Waals surface area contributed by atoms with E-state index in [2.05, 4.69) is 4.98 Å². The van der Waals surface area contributed by atoms with Crippen LogP contribution in [0.15, 0.2) is 0 Å². The standard InChI is InChI=1S/C13H20N2O3S/c1-4-9-11(19-8(2)14-9)12(17)15-6-5-13(3,18)10(16)7-15/h10,16,18H,4-7H2,1-3H3/t10-,13+/m1/s1. The van der Waals surface area contributed by atoms with E-state index >= 15 is 0 Å². The van der Waals surface area contributed by atoms with Crippen molar-refractivity contribution < 1.29 is 15.0 Å². The number of likely N-dealkylation sites (tertiary alicyclic amines) is 1. The molecule has 0 saturated carbocycles. The van der Waals surface area contributed by atoms with Crippen LogP contribution >= 0.6 is 11.3 Å². The second-order valence-corrected chi connectivity index (χ2v) is 6.44. The first-order valence-electron chi connectivity index (χ1n) is 6.51. The van der Waals surface area contributed by atoms with Gasteiger partial charge >= 0.3 is 0 Å². The number of aliphatic hydroxyl groups excluding tert-OH is 1. The summed E-state index contributed by atoms with van der Waals surface area (Å²) in [7, 11) is 0. The average molecular weight is 284 g/mol. The highest BCUT2D eigenvalue weighted by Gasteiger charge is 2.38. The number of aliphatic hydroxyl groups is 2. The third-order valence-electron chi connectivity index (χ3n) is 3.62. The normalized spacial score (nSPS) is 27.6. The summed E-state index contributed by atoms with van der Waals surface area (Å²) in [5.74, 6) is -0.0861. The molecule has 1 amide bonds. The Kier molecular flexibility index (Phi) is 3.94. The molecule has 0 radical (unpaired) electrons. The number of piperidine rings is 1. The van der Waals surface area contributed by atoms with Crippen LogP contribution in [0.4, 0.5) is 0 Å². The summed E-state index contributed by atoms with van der Waals surface area (Å²) in [4.78, 5) is 19.1. The predicted molar refractivity (Wildman–Crippen MR) is 73.4 cm³/mol. The van der Waals surface area contributed by atoms with Crippen LogP contribution in [0, 0.1) is 6.92 Å². The number of aromatic nitrogens is 1. The second kappa shape index (κ2) is 5.19. The summed E-state index contributed by atoms with van der Waals surface area (Å²) in [6, 6.07) is 0. The first kappa shape index (κ1) is 14.4. The van der Waals surface area contributed by atoms with Gasteiger partial charge in [-0.1, -0.05) is 6.92 Å². The minimum Gasteiger partial charge on any atom is -0.388 e. The van der Waals surface area contributed by atoms with Crippen LogP contribution in [-0.4, -0.2) is 50.8 Å². The van der Waals surface area contributed by atoms with E-state index in [4.69, 9.17) is 0 Å². The van der Waals surface area contributed by atoms with Gasteiger partial charge in [0.2, 0.25) is 0 Å². The number of carbonyl (C=O) groups is 1. The van der Waals surface area contributed by atoms with Crippen molar-refractivity contribution in [2.45, 2.75) is 45.3 Å². The van der Waals surface area contributed by atoms with E-state index in [-0.39, 0.29) is 12.5 Å². The van der Waals surface area contributed by atoms with Crippen molar-refractivity contribution in [2.75, 3.05) is 13.1 Å². The molecule has 0 aromatic carbocycles. The van der Waals surface area contributed by atoms with Gasteiger partial charge in [0.1, 0.15) is 4.88 Å². The largest absolute Gasteiger partial charge is 0.388 e. The highest BCUT2D eigenvalue weighted by Crippen LogP contribution is 2.26. The van der Waals surface area contributed by atoms with Crippen LogP contribution in [0.25, 0.3) is 0 Å². The number of aryl methyl sites for hydroxylation is 2. The van der Waals surface area contributed by atoms with Crippen LogP contribution in [0.3, 0.4) is 0 Å². The average Bonchev–Trinajstić information content (AvgIpc) is 2.73. The molecule has 1 aliphatic rings. The lowest BCUT2D eigenvalue weighted by Crippen LogP contribution is -2.55. The van der Waals surface area contributed by atoms with Crippen molar-refractivity contribution in [1.29, 1.82) is 0 Å². The number of hydrogen-bond acceptors (Lipinski definition) is 5. The Balaban J connectivity index is 2.17. The van der Waals surface area contributed by atoms with Crippen molar-refractivity contribution in [3.8, 4) is 0 Å². The second-order valence-electron chi connectivity index (χ2n) is 5.24. The summed E-state index contributed by atoms with van der Waals surface area (Å²) in [5.41, 5.74) is -0.284. The van der Waals surface area contributed by atoms with E-state index < -0.39 is 11.7 Å². The SMILES string of the molecule is CCc1nc(C)sc1C(=O)N1CC[C@](C)(O)[C@H](O)C1. The monoisotopic (exact) mass is 284 g/mol. The molecule has 0 aliphatic carbocycles. The van der Waals surface area contributed by atoms with Crippen LogP contribution in [0.5, 0.6) is 0 Å². The molecule has 19 heavy (non-hydrogen) atoms. The number of carbonyl (C=O) groups excluding carboxylic acids is 1. The van der Waals surface area contributed by atoms with E-state index in [1.807, 2.05) is 13.8 Å². The van der Waals surface area contributed by atoms with Gasteiger partial charge < -0.3 is 15.1 Å². The molecule has 2 heterocycles. The number of rotatable bonds is 2. The van der Waals surface area contributed by atoms with Gasteiger partial charge in [0.15, 0.2) is 0 Å². The van der Waals surface area contributed by atoms with E-state index in [1.54, 1.807) is 11.8 Å². The fraction of sp³-hybridized carbons (Fsp3) is 0.692. The van der Waals surface area contributed by atoms with Crippen molar-refractivity contribution >= 4 is 17.2 Å². The molecule has 0 unspecified atom stereocenters. The van der Waals surface area contributed by atoms with Crippen LogP contribution in [-0.2, 0) is 6.42 Å². The zero-order chi connectivity index (χ0) is 14.2. The fourth-order valence-electron chi connectivity index (χ4n) is 2.23. The van der Waals surface area contributed by atoms with E-state index in [0.717, 1.165) is 17.1 Å². The molecule has 5 nitrogen and oxygen atoms in total. The Hall–Kier alpha value is -0.980. The predicted octanol–water partition coefficient (Wildman–Crippen LogP) is 0.972. The quantitative estimate of drug-likeness (QED) is 0.849. The summed E-state index contributed by atoms with van der Waals surface area (Å²) in [5, 5.41) is 20.7. The molecule has 1 saturated heterocycles. The Morgan fingerprint density at radius 1 is 1.63 bits per heavy atom. The topological polar surface area (TPSA) is 73.7 Å². The van der Waals surface area contributed by atoms with Gasteiger partial charge in [0.25, 0.3) is 5.91 Å². The molecular formula is C13H20N2O3S. The smallest absolute Gasteiger partial charge is 0.265 e. The van der Waals surface area contributed by atoms with Crippen LogP contribution < -0.4 is 0 Å². The third kappa shape index (κ3) is 2.80. The lowest BCUT2D eigenvalue weighted by Gasteiger charge is -2.39. The molecule has 2 atom stereocenters. The highest BCUT2D eigenvalue weighted by atomic mass is 32.1. The maximum atomic E-state index is 12.5. The number of nitrogens with zero attached hydrogens (tertiary/aromatic N) is 2. The Bertz CT molecular complexity index is 484. The summed E-state index contributed by atoms with van der Waals surface area (Å²) in [6.07, 6.45) is 0.211. The Morgan fingerprint density at radius 3 is 2.89 bits per heavy atom. The van der Waals surface area contributed by atoms with Crippen molar-refractivity contribution in [3.05, 3.63) is 15.6 Å². The molecule has 0 bridgehead atoms. The first-order chi connectivity index (χ1) is 8.85. The van der Waals surface area contributed by atoms with E-state index in [1.165, 1.54) is 11.3 Å².